The standard InChI is InChI=1S/C26H22ClF8N3O3/c27-17-6-7-21(36-13-17)24(11-15-4-2-1-3-5-15,38-23(40)37-14-19(39)12-25(31,32)33)16-8-18(28)10-20(9-16)41-26(34,35)22(29)30/h1-10,13,19,22,39H,11-12,14H2,(H2,37,38,40). The van der Waals surface area contributed by atoms with Crippen LogP contribution in [0.4, 0.5) is 39.9 Å². The average Bonchev–Trinajstić information content (AvgIpc) is 2.86. The van der Waals surface area contributed by atoms with E-state index in [4.69, 9.17) is 11.6 Å². The molecule has 222 valence electrons. The predicted octanol–water partition coefficient (Wildman–Crippen LogP) is 6.21. The molecule has 0 radical (unpaired) electrons. The van der Waals surface area contributed by atoms with Crippen LogP contribution in [0.2, 0.25) is 5.02 Å². The second kappa shape index (κ2) is 12.9. The number of halogens is 9. The van der Waals surface area contributed by atoms with E-state index in [0.717, 1.165) is 18.3 Å². The maximum Gasteiger partial charge on any atom is 0.461 e. The molecule has 2 aromatic carbocycles. The molecule has 2 atom stereocenters. The number of nitrogens with zero attached hydrogens (tertiary/aromatic N) is 1. The second-order valence-corrected chi connectivity index (χ2v) is 9.31. The number of ether oxygens (including phenoxy) is 1. The molecule has 0 bridgehead atoms. The lowest BCUT2D eigenvalue weighted by Crippen LogP contribution is -2.53. The van der Waals surface area contributed by atoms with Crippen LogP contribution in [0.25, 0.3) is 0 Å². The van der Waals surface area contributed by atoms with Crippen molar-refractivity contribution < 1.29 is 49.8 Å². The Morgan fingerprint density at radius 3 is 2.29 bits per heavy atom. The number of benzene rings is 2. The molecule has 41 heavy (non-hydrogen) atoms. The smallest absolute Gasteiger partial charge is 0.428 e. The highest BCUT2D eigenvalue weighted by Gasteiger charge is 2.45. The summed E-state index contributed by atoms with van der Waals surface area (Å²) in [6.45, 7) is -0.848. The SMILES string of the molecule is O=C(NCC(O)CC(F)(F)F)NC(Cc1ccccc1)(c1cc(F)cc(OC(F)(F)C(F)F)c1)c1ccc(Cl)cn1. The van der Waals surface area contributed by atoms with Crippen LogP contribution in [0.3, 0.4) is 0 Å². The number of carbonyl (C=O) groups excluding carboxylic acids is 1. The average molecular weight is 612 g/mol. The third kappa shape index (κ3) is 8.92. The molecule has 2 unspecified atom stereocenters. The van der Waals surface area contributed by atoms with Gasteiger partial charge in [-0.1, -0.05) is 41.9 Å². The number of aliphatic hydroxyl groups excluding tert-OH is 1. The maximum atomic E-state index is 14.8. The molecular formula is C26H22ClF8N3O3. The summed E-state index contributed by atoms with van der Waals surface area (Å²) in [6, 6.07) is 11.6. The quantitative estimate of drug-likeness (QED) is 0.225. The van der Waals surface area contributed by atoms with Crippen molar-refractivity contribution in [3.8, 4) is 5.75 Å². The summed E-state index contributed by atoms with van der Waals surface area (Å²) >= 11 is 5.95. The molecule has 1 heterocycles. The van der Waals surface area contributed by atoms with Crippen molar-refractivity contribution in [2.45, 2.75) is 43.2 Å². The zero-order valence-electron chi connectivity index (χ0n) is 20.7. The molecule has 3 N–H and O–H groups in total. The number of aromatic nitrogens is 1. The van der Waals surface area contributed by atoms with Crippen LogP contribution in [0.5, 0.6) is 5.75 Å². The van der Waals surface area contributed by atoms with Crippen LogP contribution in [-0.4, -0.2) is 47.5 Å². The Balaban J connectivity index is 2.13. The van der Waals surface area contributed by atoms with Crippen LogP contribution in [-0.2, 0) is 12.0 Å². The van der Waals surface area contributed by atoms with Crippen LogP contribution < -0.4 is 15.4 Å². The van der Waals surface area contributed by atoms with Gasteiger partial charge in [-0.15, -0.1) is 0 Å². The molecule has 0 spiro atoms. The van der Waals surface area contributed by atoms with Gasteiger partial charge in [0.2, 0.25) is 0 Å². The molecule has 3 rings (SSSR count). The van der Waals surface area contributed by atoms with Gasteiger partial charge in [-0.2, -0.15) is 30.7 Å². The highest BCUT2D eigenvalue weighted by Crippen LogP contribution is 2.37. The molecule has 2 amide bonds. The van der Waals surface area contributed by atoms with Gasteiger partial charge in [0.05, 0.1) is 23.2 Å². The van der Waals surface area contributed by atoms with E-state index in [0.29, 0.717) is 11.6 Å². The maximum absolute atomic E-state index is 14.8. The largest absolute Gasteiger partial charge is 0.461 e. The number of hydrogen-bond donors (Lipinski definition) is 3. The molecule has 6 nitrogen and oxygen atoms in total. The first-order valence-corrected chi connectivity index (χ1v) is 12.1. The molecule has 0 fully saturated rings. The van der Waals surface area contributed by atoms with Gasteiger partial charge in [-0.05, 0) is 35.4 Å². The molecule has 0 aliphatic carbocycles. The lowest BCUT2D eigenvalue weighted by molar-refractivity contribution is -0.253. The lowest BCUT2D eigenvalue weighted by Gasteiger charge is -2.36. The normalized spacial score (nSPS) is 14.3. The minimum atomic E-state index is -4.99. The molecule has 15 heteroatoms. The van der Waals surface area contributed by atoms with Crippen LogP contribution in [0, 0.1) is 5.82 Å². The van der Waals surface area contributed by atoms with E-state index in [2.05, 4.69) is 20.4 Å². The summed E-state index contributed by atoms with van der Waals surface area (Å²) in [6.07, 6.45) is -16.7. The van der Waals surface area contributed by atoms with Crippen LogP contribution >= 0.6 is 11.6 Å². The van der Waals surface area contributed by atoms with Crippen molar-refractivity contribution in [3.63, 3.8) is 0 Å². The van der Waals surface area contributed by atoms with E-state index < -0.39 is 60.9 Å². The Morgan fingerprint density at radius 2 is 1.71 bits per heavy atom. The number of hydrogen-bond acceptors (Lipinski definition) is 4. The van der Waals surface area contributed by atoms with Gasteiger partial charge in [0, 0.05) is 25.2 Å². The van der Waals surface area contributed by atoms with E-state index in [1.165, 1.54) is 12.1 Å². The first kappa shape index (κ1) is 31.9. The van der Waals surface area contributed by atoms with Gasteiger partial charge in [0.25, 0.3) is 0 Å². The number of nitrogens with one attached hydrogen (secondary N) is 2. The fourth-order valence-corrected chi connectivity index (χ4v) is 4.02. The molecule has 3 aromatic rings. The van der Waals surface area contributed by atoms with E-state index in [9.17, 15) is 45.0 Å². The fourth-order valence-electron chi connectivity index (χ4n) is 3.91. The molecule has 0 aliphatic rings. The van der Waals surface area contributed by atoms with Gasteiger partial charge in [0.15, 0.2) is 0 Å². The van der Waals surface area contributed by atoms with Crippen molar-refractivity contribution in [1.29, 1.82) is 0 Å². The van der Waals surface area contributed by atoms with E-state index in [1.807, 2.05) is 0 Å². The second-order valence-electron chi connectivity index (χ2n) is 8.88. The van der Waals surface area contributed by atoms with Gasteiger partial charge in [-0.25, -0.2) is 9.18 Å². The number of alkyl halides is 7. The highest BCUT2D eigenvalue weighted by atomic mass is 35.5. The Morgan fingerprint density at radius 1 is 1.02 bits per heavy atom. The molecule has 0 aliphatic heterocycles. The van der Waals surface area contributed by atoms with E-state index in [-0.39, 0.29) is 22.7 Å². The zero-order chi connectivity index (χ0) is 30.4. The van der Waals surface area contributed by atoms with Gasteiger partial charge < -0.3 is 20.5 Å². The van der Waals surface area contributed by atoms with Crippen molar-refractivity contribution in [1.82, 2.24) is 15.6 Å². The zero-order valence-corrected chi connectivity index (χ0v) is 21.5. The molecule has 0 saturated carbocycles. The Bertz CT molecular complexity index is 1310. The predicted molar refractivity (Wildman–Crippen MR) is 131 cm³/mol. The van der Waals surface area contributed by atoms with Gasteiger partial charge in [0.1, 0.15) is 17.1 Å². The van der Waals surface area contributed by atoms with E-state index in [1.54, 1.807) is 30.3 Å². The highest BCUT2D eigenvalue weighted by molar-refractivity contribution is 6.30. The number of rotatable bonds is 11. The first-order valence-electron chi connectivity index (χ1n) is 11.7. The fraction of sp³-hybridized carbons (Fsp3) is 0.308. The summed E-state index contributed by atoms with van der Waals surface area (Å²) in [5, 5.41) is 14.4. The number of carbonyl (C=O) groups is 1. The summed E-state index contributed by atoms with van der Waals surface area (Å²) in [4.78, 5) is 17.2. The van der Waals surface area contributed by atoms with Gasteiger partial charge >= 0.3 is 24.7 Å². The minimum absolute atomic E-state index is 0.0473. The summed E-state index contributed by atoms with van der Waals surface area (Å²) in [7, 11) is 0. The van der Waals surface area contributed by atoms with Crippen LogP contribution in [0.15, 0.2) is 66.9 Å². The Labute approximate surface area is 233 Å². The monoisotopic (exact) mass is 611 g/mol. The number of amides is 2. The molecule has 0 saturated heterocycles. The summed E-state index contributed by atoms with van der Waals surface area (Å²) < 4.78 is 110. The Hall–Kier alpha value is -3.65. The van der Waals surface area contributed by atoms with E-state index >= 15 is 0 Å². The topological polar surface area (TPSA) is 83.5 Å². The van der Waals surface area contributed by atoms with Gasteiger partial charge in [-0.3, -0.25) is 4.98 Å². The molecular weight excluding hydrogens is 590 g/mol. The van der Waals surface area contributed by atoms with Crippen molar-refractivity contribution in [2.24, 2.45) is 0 Å². The lowest BCUT2D eigenvalue weighted by atomic mass is 9.80. The minimum Gasteiger partial charge on any atom is -0.428 e. The molecule has 1 aromatic heterocycles. The summed E-state index contributed by atoms with van der Waals surface area (Å²) in [5.41, 5.74) is -1.84. The van der Waals surface area contributed by atoms with Crippen LogP contribution in [0.1, 0.15) is 23.2 Å². The van der Waals surface area contributed by atoms with Crippen molar-refractivity contribution >= 4 is 17.6 Å². The third-order valence-corrected chi connectivity index (χ3v) is 5.86. The first-order chi connectivity index (χ1) is 19.1. The number of aliphatic hydroxyl groups is 1. The Kier molecular flexibility index (Phi) is 10.0. The summed E-state index contributed by atoms with van der Waals surface area (Å²) in [5.74, 6) is -2.23. The third-order valence-electron chi connectivity index (χ3n) is 5.64. The van der Waals surface area contributed by atoms with Crippen molar-refractivity contribution in [2.75, 3.05) is 6.54 Å². The van der Waals surface area contributed by atoms with Crippen molar-refractivity contribution in [3.05, 3.63) is 94.5 Å². The number of pyridine rings is 1. The number of urea groups is 1.